The largest absolute Gasteiger partial charge is 0.505 e. The number of benzene rings is 1. The summed E-state index contributed by atoms with van der Waals surface area (Å²) in [7, 11) is 1.71. The molecule has 0 unspecified atom stereocenters. The molecule has 0 saturated heterocycles. The second kappa shape index (κ2) is 4.88. The average molecular weight is 222 g/mol. The van der Waals surface area contributed by atoms with E-state index >= 15 is 0 Å². The fraction of sp³-hybridized carbons (Fsp3) is 0.417. The van der Waals surface area contributed by atoms with Crippen molar-refractivity contribution in [2.24, 2.45) is 5.92 Å². The van der Waals surface area contributed by atoms with Crippen molar-refractivity contribution in [3.8, 4) is 5.75 Å². The quantitative estimate of drug-likeness (QED) is 0.604. The summed E-state index contributed by atoms with van der Waals surface area (Å²) in [5, 5.41) is 9.68. The van der Waals surface area contributed by atoms with Gasteiger partial charge >= 0.3 is 0 Å². The lowest BCUT2D eigenvalue weighted by Crippen LogP contribution is -2.30. The monoisotopic (exact) mass is 222 g/mol. The first-order valence-electron chi connectivity index (χ1n) is 5.26. The van der Waals surface area contributed by atoms with Crippen molar-refractivity contribution < 1.29 is 9.90 Å². The third kappa shape index (κ3) is 2.66. The number of rotatable bonds is 3. The molecule has 1 aromatic carbocycles. The lowest BCUT2D eigenvalue weighted by molar-refractivity contribution is 0.0776. The van der Waals surface area contributed by atoms with Crippen LogP contribution in [0.4, 0.5) is 5.69 Å². The highest BCUT2D eigenvalue weighted by Gasteiger charge is 2.17. The van der Waals surface area contributed by atoms with Gasteiger partial charge in [-0.3, -0.25) is 4.79 Å². The van der Waals surface area contributed by atoms with Crippen molar-refractivity contribution >= 4 is 11.6 Å². The first-order chi connectivity index (χ1) is 7.43. The van der Waals surface area contributed by atoms with Crippen LogP contribution in [0.5, 0.6) is 5.75 Å². The molecule has 0 aliphatic heterocycles. The topological polar surface area (TPSA) is 66.6 Å². The van der Waals surface area contributed by atoms with E-state index in [9.17, 15) is 9.90 Å². The van der Waals surface area contributed by atoms with Crippen LogP contribution in [0.2, 0.25) is 0 Å². The number of para-hydroxylation sites is 1. The SMILES string of the molecule is CC(C)CN(C)C(=O)c1cccc(N)c1O. The average Bonchev–Trinajstić information content (AvgIpc) is 2.20. The van der Waals surface area contributed by atoms with Crippen LogP contribution in [0.25, 0.3) is 0 Å². The van der Waals surface area contributed by atoms with Crippen LogP contribution < -0.4 is 5.73 Å². The zero-order valence-electron chi connectivity index (χ0n) is 9.90. The maximum Gasteiger partial charge on any atom is 0.257 e. The number of aromatic hydroxyl groups is 1. The Morgan fingerprint density at radius 1 is 1.50 bits per heavy atom. The molecule has 4 nitrogen and oxygen atoms in total. The molecule has 0 aliphatic rings. The number of nitrogen functional groups attached to an aromatic ring is 1. The van der Waals surface area contributed by atoms with Gasteiger partial charge in [-0.05, 0) is 18.1 Å². The van der Waals surface area contributed by atoms with E-state index in [1.807, 2.05) is 13.8 Å². The van der Waals surface area contributed by atoms with E-state index in [1.54, 1.807) is 30.1 Å². The molecule has 0 spiro atoms. The number of carbonyl (C=O) groups is 1. The molecular weight excluding hydrogens is 204 g/mol. The molecule has 1 rings (SSSR count). The number of carbonyl (C=O) groups excluding carboxylic acids is 1. The summed E-state index contributed by atoms with van der Waals surface area (Å²) in [6.45, 7) is 4.71. The van der Waals surface area contributed by atoms with Gasteiger partial charge in [0.05, 0.1) is 11.3 Å². The number of anilines is 1. The van der Waals surface area contributed by atoms with Crippen molar-refractivity contribution in [1.82, 2.24) is 4.90 Å². The molecule has 16 heavy (non-hydrogen) atoms. The van der Waals surface area contributed by atoms with Gasteiger partial charge < -0.3 is 15.7 Å². The van der Waals surface area contributed by atoms with Crippen LogP contribution in [0.15, 0.2) is 18.2 Å². The first-order valence-corrected chi connectivity index (χ1v) is 5.26. The number of phenolic OH excluding ortho intramolecular Hbond substituents is 1. The molecule has 3 N–H and O–H groups in total. The Kier molecular flexibility index (Phi) is 3.77. The van der Waals surface area contributed by atoms with Crippen LogP contribution >= 0.6 is 0 Å². The van der Waals surface area contributed by atoms with Crippen molar-refractivity contribution in [2.75, 3.05) is 19.3 Å². The summed E-state index contributed by atoms with van der Waals surface area (Å²) in [5.74, 6) is 0.0405. The summed E-state index contributed by atoms with van der Waals surface area (Å²) in [5.41, 5.74) is 6.02. The van der Waals surface area contributed by atoms with E-state index in [4.69, 9.17) is 5.73 Å². The van der Waals surface area contributed by atoms with Gasteiger partial charge in [-0.2, -0.15) is 0 Å². The molecule has 0 bridgehead atoms. The Hall–Kier alpha value is -1.71. The minimum Gasteiger partial charge on any atom is -0.505 e. The fourth-order valence-electron chi connectivity index (χ4n) is 1.57. The Balaban J connectivity index is 2.92. The molecule has 88 valence electrons. The van der Waals surface area contributed by atoms with Crippen LogP contribution in [0, 0.1) is 5.92 Å². The Bertz CT molecular complexity index is 389. The maximum absolute atomic E-state index is 12.0. The zero-order valence-corrected chi connectivity index (χ0v) is 9.90. The summed E-state index contributed by atoms with van der Waals surface area (Å²) in [6, 6.07) is 4.80. The van der Waals surface area contributed by atoms with E-state index in [0.717, 1.165) is 0 Å². The number of phenols is 1. The van der Waals surface area contributed by atoms with Crippen LogP contribution in [0.1, 0.15) is 24.2 Å². The summed E-state index contributed by atoms with van der Waals surface area (Å²) in [6.07, 6.45) is 0. The fourth-order valence-corrected chi connectivity index (χ4v) is 1.57. The van der Waals surface area contributed by atoms with Crippen molar-refractivity contribution in [2.45, 2.75) is 13.8 Å². The highest BCUT2D eigenvalue weighted by Crippen LogP contribution is 2.25. The third-order valence-corrected chi connectivity index (χ3v) is 2.28. The second-order valence-electron chi connectivity index (χ2n) is 4.32. The lowest BCUT2D eigenvalue weighted by atomic mass is 10.1. The minimum atomic E-state index is -0.210. The molecule has 0 atom stereocenters. The van der Waals surface area contributed by atoms with Crippen molar-refractivity contribution in [1.29, 1.82) is 0 Å². The predicted molar refractivity (Wildman–Crippen MR) is 64.3 cm³/mol. The summed E-state index contributed by atoms with van der Waals surface area (Å²) < 4.78 is 0. The van der Waals surface area contributed by atoms with E-state index < -0.39 is 0 Å². The molecule has 1 aromatic rings. The minimum absolute atomic E-state index is 0.136. The number of nitrogens with two attached hydrogens (primary N) is 1. The van der Waals surface area contributed by atoms with Gasteiger partial charge in [0.15, 0.2) is 5.75 Å². The van der Waals surface area contributed by atoms with E-state index in [2.05, 4.69) is 0 Å². The van der Waals surface area contributed by atoms with Crippen LogP contribution in [-0.2, 0) is 0 Å². The molecule has 0 aromatic heterocycles. The molecule has 1 amide bonds. The van der Waals surface area contributed by atoms with Crippen molar-refractivity contribution in [3.63, 3.8) is 0 Å². The molecule has 0 heterocycles. The van der Waals surface area contributed by atoms with Gasteiger partial charge in [-0.1, -0.05) is 19.9 Å². The molecule has 0 fully saturated rings. The van der Waals surface area contributed by atoms with Gasteiger partial charge in [0.25, 0.3) is 5.91 Å². The standard InChI is InChI=1S/C12H18N2O2/c1-8(2)7-14(3)12(16)9-5-4-6-10(13)11(9)15/h4-6,8,15H,7,13H2,1-3H3. The molecule has 0 radical (unpaired) electrons. The van der Waals surface area contributed by atoms with Gasteiger partial charge in [-0.15, -0.1) is 0 Å². The van der Waals surface area contributed by atoms with Gasteiger partial charge in [0.2, 0.25) is 0 Å². The highest BCUT2D eigenvalue weighted by molar-refractivity contribution is 5.98. The summed E-state index contributed by atoms with van der Waals surface area (Å²) in [4.78, 5) is 13.5. The van der Waals surface area contributed by atoms with Crippen LogP contribution in [-0.4, -0.2) is 29.5 Å². The normalized spacial score (nSPS) is 10.5. The Labute approximate surface area is 95.7 Å². The zero-order chi connectivity index (χ0) is 12.3. The second-order valence-corrected chi connectivity index (χ2v) is 4.32. The number of hydrogen-bond acceptors (Lipinski definition) is 3. The molecule has 0 aliphatic carbocycles. The predicted octanol–water partition coefficient (Wildman–Crippen LogP) is 1.70. The van der Waals surface area contributed by atoms with E-state index in [-0.39, 0.29) is 22.9 Å². The van der Waals surface area contributed by atoms with Crippen molar-refractivity contribution in [3.05, 3.63) is 23.8 Å². The van der Waals surface area contributed by atoms with E-state index in [1.165, 1.54) is 0 Å². The molecule has 0 saturated carbocycles. The van der Waals surface area contributed by atoms with Crippen LogP contribution in [0.3, 0.4) is 0 Å². The molecular formula is C12H18N2O2. The van der Waals surface area contributed by atoms with E-state index in [0.29, 0.717) is 12.5 Å². The highest BCUT2D eigenvalue weighted by atomic mass is 16.3. The third-order valence-electron chi connectivity index (χ3n) is 2.28. The maximum atomic E-state index is 12.0. The summed E-state index contributed by atoms with van der Waals surface area (Å²) >= 11 is 0. The number of amides is 1. The van der Waals surface area contributed by atoms with Gasteiger partial charge in [0.1, 0.15) is 0 Å². The Morgan fingerprint density at radius 2 is 2.12 bits per heavy atom. The molecule has 4 heteroatoms. The smallest absolute Gasteiger partial charge is 0.257 e. The number of hydrogen-bond donors (Lipinski definition) is 2. The Morgan fingerprint density at radius 3 is 2.69 bits per heavy atom. The first kappa shape index (κ1) is 12.4. The van der Waals surface area contributed by atoms with Gasteiger partial charge in [0, 0.05) is 13.6 Å². The number of nitrogens with zero attached hydrogens (tertiary/aromatic N) is 1. The lowest BCUT2D eigenvalue weighted by Gasteiger charge is -2.20. The van der Waals surface area contributed by atoms with Gasteiger partial charge in [-0.25, -0.2) is 0 Å².